The second kappa shape index (κ2) is 19.0. The van der Waals surface area contributed by atoms with Gasteiger partial charge in [-0.25, -0.2) is 0 Å². The Kier molecular flexibility index (Phi) is 25.2. The molecule has 94 valence electrons. The third kappa shape index (κ3) is 24.7. The molecule has 0 atom stereocenters. The molecule has 0 rings (SSSR count). The summed E-state index contributed by atoms with van der Waals surface area (Å²) < 4.78 is 0. The van der Waals surface area contributed by atoms with Gasteiger partial charge in [0.15, 0.2) is 0 Å². The minimum atomic E-state index is -0.802. The lowest BCUT2D eigenvalue weighted by molar-refractivity contribution is -0.135. The highest BCUT2D eigenvalue weighted by Gasteiger charge is 1.93. The predicted octanol–water partition coefficient (Wildman–Crippen LogP) is 1.71. The molecular formula is C11H28N2O2. The first-order valence-corrected chi connectivity index (χ1v) is 5.40. The van der Waals surface area contributed by atoms with Gasteiger partial charge in [0.1, 0.15) is 0 Å². The topological polar surface area (TPSA) is 61.4 Å². The van der Waals surface area contributed by atoms with Crippen molar-refractivity contribution in [3.05, 3.63) is 0 Å². The molecule has 0 unspecified atom stereocenters. The molecule has 0 bridgehead atoms. The Labute approximate surface area is 94.5 Å². The summed E-state index contributed by atoms with van der Waals surface area (Å²) in [7, 11) is 0. The van der Waals surface area contributed by atoms with E-state index in [4.69, 9.17) is 5.11 Å². The average Bonchev–Trinajstić information content (AvgIpc) is 2.19. The SMILES string of the molecule is C.CC.CCCCNCCNCC(=O)O. The van der Waals surface area contributed by atoms with E-state index < -0.39 is 5.97 Å². The summed E-state index contributed by atoms with van der Waals surface area (Å²) in [4.78, 5) is 10.1. The largest absolute Gasteiger partial charge is 0.480 e. The van der Waals surface area contributed by atoms with Crippen molar-refractivity contribution in [2.75, 3.05) is 26.2 Å². The van der Waals surface area contributed by atoms with E-state index in [1.807, 2.05) is 13.8 Å². The van der Waals surface area contributed by atoms with Crippen LogP contribution in [0.2, 0.25) is 0 Å². The Morgan fingerprint density at radius 2 is 1.67 bits per heavy atom. The van der Waals surface area contributed by atoms with Crippen LogP contribution in [0.15, 0.2) is 0 Å². The van der Waals surface area contributed by atoms with Crippen molar-refractivity contribution >= 4 is 5.97 Å². The number of nitrogens with one attached hydrogen (secondary N) is 2. The standard InChI is InChI=1S/C8H18N2O2.C2H6.CH4/c1-2-3-4-9-5-6-10-7-8(11)12;1-2;/h9-10H,2-7H2,1H3,(H,11,12);1-2H3;1H4. The van der Waals surface area contributed by atoms with E-state index in [0.29, 0.717) is 0 Å². The average molecular weight is 220 g/mol. The minimum Gasteiger partial charge on any atom is -0.480 e. The lowest BCUT2D eigenvalue weighted by Gasteiger charge is -2.03. The Morgan fingerprint density at radius 3 is 2.13 bits per heavy atom. The van der Waals surface area contributed by atoms with Crippen molar-refractivity contribution in [2.45, 2.75) is 41.0 Å². The molecule has 0 aliphatic carbocycles. The van der Waals surface area contributed by atoms with Crippen molar-refractivity contribution in [1.29, 1.82) is 0 Å². The summed E-state index contributed by atoms with van der Waals surface area (Å²) in [5.74, 6) is -0.802. The molecule has 3 N–H and O–H groups in total. The first-order chi connectivity index (χ1) is 6.77. The molecule has 0 aromatic heterocycles. The molecule has 0 radical (unpaired) electrons. The third-order valence-corrected chi connectivity index (χ3v) is 1.46. The van der Waals surface area contributed by atoms with E-state index in [2.05, 4.69) is 17.6 Å². The number of aliphatic carboxylic acids is 1. The molecule has 0 aliphatic heterocycles. The van der Waals surface area contributed by atoms with E-state index in [1.54, 1.807) is 0 Å². The Hall–Kier alpha value is -0.610. The van der Waals surface area contributed by atoms with Crippen LogP contribution in [-0.2, 0) is 4.79 Å². The summed E-state index contributed by atoms with van der Waals surface area (Å²) in [6.07, 6.45) is 2.37. The second-order valence-corrected chi connectivity index (χ2v) is 2.67. The van der Waals surface area contributed by atoms with Gasteiger partial charge in [0.25, 0.3) is 0 Å². The van der Waals surface area contributed by atoms with Crippen LogP contribution in [-0.4, -0.2) is 37.3 Å². The maximum absolute atomic E-state index is 10.1. The molecule has 0 saturated carbocycles. The summed E-state index contributed by atoms with van der Waals surface area (Å²) in [6, 6.07) is 0. The molecule has 0 amide bonds. The van der Waals surface area contributed by atoms with Crippen molar-refractivity contribution < 1.29 is 9.90 Å². The maximum atomic E-state index is 10.1. The number of hydrogen-bond acceptors (Lipinski definition) is 3. The number of carbonyl (C=O) groups is 1. The smallest absolute Gasteiger partial charge is 0.317 e. The third-order valence-electron chi connectivity index (χ3n) is 1.46. The van der Waals surface area contributed by atoms with Gasteiger partial charge < -0.3 is 15.7 Å². The van der Waals surface area contributed by atoms with Gasteiger partial charge in [-0.1, -0.05) is 34.6 Å². The van der Waals surface area contributed by atoms with Crippen LogP contribution >= 0.6 is 0 Å². The number of carboxylic acids is 1. The van der Waals surface area contributed by atoms with E-state index in [-0.39, 0.29) is 14.0 Å². The van der Waals surface area contributed by atoms with Crippen molar-refractivity contribution in [1.82, 2.24) is 10.6 Å². The highest BCUT2D eigenvalue weighted by Crippen LogP contribution is 1.80. The van der Waals surface area contributed by atoms with E-state index >= 15 is 0 Å². The fraction of sp³-hybridized carbons (Fsp3) is 0.909. The van der Waals surface area contributed by atoms with Crippen LogP contribution in [0.5, 0.6) is 0 Å². The first-order valence-electron chi connectivity index (χ1n) is 5.40. The molecule has 4 nitrogen and oxygen atoms in total. The monoisotopic (exact) mass is 220 g/mol. The van der Waals surface area contributed by atoms with E-state index in [0.717, 1.165) is 19.6 Å². The van der Waals surface area contributed by atoms with Crippen LogP contribution in [0, 0.1) is 0 Å². The molecule has 0 aromatic rings. The van der Waals surface area contributed by atoms with Crippen LogP contribution in [0.4, 0.5) is 0 Å². The lowest BCUT2D eigenvalue weighted by Crippen LogP contribution is -2.31. The molecule has 0 aliphatic rings. The molecule has 0 aromatic carbocycles. The van der Waals surface area contributed by atoms with Crippen LogP contribution in [0.1, 0.15) is 41.0 Å². The zero-order valence-electron chi connectivity index (χ0n) is 9.60. The summed E-state index contributed by atoms with van der Waals surface area (Å²) in [6.45, 7) is 8.77. The van der Waals surface area contributed by atoms with E-state index in [9.17, 15) is 4.79 Å². The van der Waals surface area contributed by atoms with Crippen LogP contribution < -0.4 is 10.6 Å². The molecule has 4 heteroatoms. The Balaban J connectivity index is -0.000000449. The number of rotatable bonds is 8. The van der Waals surface area contributed by atoms with Gasteiger partial charge in [0, 0.05) is 13.1 Å². The maximum Gasteiger partial charge on any atom is 0.317 e. The van der Waals surface area contributed by atoms with Gasteiger partial charge in [-0.05, 0) is 13.0 Å². The van der Waals surface area contributed by atoms with Gasteiger partial charge in [-0.2, -0.15) is 0 Å². The summed E-state index contributed by atoms with van der Waals surface area (Å²) in [5.41, 5.74) is 0. The van der Waals surface area contributed by atoms with Gasteiger partial charge in [-0.3, -0.25) is 4.79 Å². The molecule has 0 heterocycles. The highest BCUT2D eigenvalue weighted by molar-refractivity contribution is 5.68. The molecule has 0 fully saturated rings. The predicted molar refractivity (Wildman–Crippen MR) is 66.4 cm³/mol. The van der Waals surface area contributed by atoms with Gasteiger partial charge >= 0.3 is 5.97 Å². The highest BCUT2D eigenvalue weighted by atomic mass is 16.4. The lowest BCUT2D eigenvalue weighted by atomic mass is 10.3. The van der Waals surface area contributed by atoms with Crippen molar-refractivity contribution in [3.63, 3.8) is 0 Å². The molecule has 0 saturated heterocycles. The zero-order chi connectivity index (χ0) is 11.2. The number of unbranched alkanes of at least 4 members (excludes halogenated alkanes) is 1. The van der Waals surface area contributed by atoms with Gasteiger partial charge in [0.2, 0.25) is 0 Å². The fourth-order valence-corrected chi connectivity index (χ4v) is 0.799. The normalized spacial score (nSPS) is 8.47. The van der Waals surface area contributed by atoms with Crippen LogP contribution in [0.3, 0.4) is 0 Å². The Morgan fingerprint density at radius 1 is 1.13 bits per heavy atom. The summed E-state index contributed by atoms with van der Waals surface area (Å²) >= 11 is 0. The quantitative estimate of drug-likeness (QED) is 0.545. The zero-order valence-corrected chi connectivity index (χ0v) is 9.60. The minimum absolute atomic E-state index is 0. The first kappa shape index (κ1) is 19.9. The number of hydrogen-bond donors (Lipinski definition) is 3. The van der Waals surface area contributed by atoms with Crippen LogP contribution in [0.25, 0.3) is 0 Å². The molecule has 15 heavy (non-hydrogen) atoms. The van der Waals surface area contributed by atoms with E-state index in [1.165, 1.54) is 12.8 Å². The van der Waals surface area contributed by atoms with Crippen molar-refractivity contribution in [3.8, 4) is 0 Å². The Bertz CT molecular complexity index is 119. The number of carboxylic acid groups (broad SMARTS) is 1. The summed E-state index contributed by atoms with van der Waals surface area (Å²) in [5, 5.41) is 14.3. The molecule has 0 spiro atoms. The second-order valence-electron chi connectivity index (χ2n) is 2.67. The molecular weight excluding hydrogens is 192 g/mol. The van der Waals surface area contributed by atoms with Crippen molar-refractivity contribution in [2.24, 2.45) is 0 Å². The van der Waals surface area contributed by atoms with Gasteiger partial charge in [-0.15, -0.1) is 0 Å². The van der Waals surface area contributed by atoms with Gasteiger partial charge in [0.05, 0.1) is 6.54 Å². The fourth-order valence-electron chi connectivity index (χ4n) is 0.799.